The highest BCUT2D eigenvalue weighted by atomic mass is 28.4. The molecule has 0 bridgehead atoms. The Hall–Kier alpha value is -1.84. The van der Waals surface area contributed by atoms with Gasteiger partial charge in [-0.3, -0.25) is 0 Å². The minimum Gasteiger partial charge on any atom is -0.498 e. The summed E-state index contributed by atoms with van der Waals surface area (Å²) in [6.45, 7) is 8.48. The molecule has 0 saturated heterocycles. The molecule has 0 aliphatic carbocycles. The standard InChI is InChI=1S/C23H30O2Si/c1-23(2,3)26(21-13-6-4-7-14-21,22-15-8-5-9-16-22)25-19-17-20-12-10-11-18-24-20/h4-9,12-16H,10-11,17-19H2,1-3H3. The lowest BCUT2D eigenvalue weighted by Crippen LogP contribution is -2.66. The van der Waals surface area contributed by atoms with Crippen LogP contribution >= 0.6 is 0 Å². The van der Waals surface area contributed by atoms with Crippen LogP contribution in [-0.2, 0) is 9.16 Å². The van der Waals surface area contributed by atoms with Gasteiger partial charge in [-0.2, -0.15) is 0 Å². The fourth-order valence-electron chi connectivity index (χ4n) is 3.85. The van der Waals surface area contributed by atoms with E-state index < -0.39 is 8.32 Å². The van der Waals surface area contributed by atoms with Crippen molar-refractivity contribution in [2.45, 2.75) is 45.1 Å². The van der Waals surface area contributed by atoms with Gasteiger partial charge >= 0.3 is 0 Å². The summed E-state index contributed by atoms with van der Waals surface area (Å²) in [6, 6.07) is 21.6. The first-order chi connectivity index (χ1) is 12.5. The molecule has 3 rings (SSSR count). The van der Waals surface area contributed by atoms with Gasteiger partial charge in [0.05, 0.1) is 12.4 Å². The van der Waals surface area contributed by atoms with Crippen LogP contribution in [0.25, 0.3) is 0 Å². The van der Waals surface area contributed by atoms with Crippen LogP contribution in [0.4, 0.5) is 0 Å². The van der Waals surface area contributed by atoms with Crippen LogP contribution in [0.3, 0.4) is 0 Å². The Morgan fingerprint density at radius 2 is 1.50 bits per heavy atom. The molecule has 0 N–H and O–H groups in total. The molecule has 0 saturated carbocycles. The monoisotopic (exact) mass is 366 g/mol. The van der Waals surface area contributed by atoms with E-state index in [9.17, 15) is 0 Å². The molecule has 138 valence electrons. The van der Waals surface area contributed by atoms with Crippen molar-refractivity contribution in [1.82, 2.24) is 0 Å². The molecule has 0 atom stereocenters. The molecule has 2 nitrogen and oxygen atoms in total. The Kier molecular flexibility index (Phi) is 6.00. The molecule has 3 heteroatoms. The van der Waals surface area contributed by atoms with Crippen LogP contribution in [0.2, 0.25) is 5.04 Å². The van der Waals surface area contributed by atoms with Gasteiger partial charge in [0.1, 0.15) is 0 Å². The number of benzene rings is 2. The Morgan fingerprint density at radius 1 is 0.923 bits per heavy atom. The molecule has 0 amide bonds. The molecule has 0 fully saturated rings. The average Bonchev–Trinajstić information content (AvgIpc) is 2.66. The summed E-state index contributed by atoms with van der Waals surface area (Å²) < 4.78 is 12.7. The normalized spacial score (nSPS) is 15.3. The molecule has 2 aromatic rings. The first-order valence-electron chi connectivity index (χ1n) is 9.61. The number of rotatable bonds is 6. The van der Waals surface area contributed by atoms with Crippen molar-refractivity contribution in [3.05, 3.63) is 72.5 Å². The predicted octanol–water partition coefficient (Wildman–Crippen LogP) is 4.65. The zero-order valence-electron chi connectivity index (χ0n) is 16.2. The van der Waals surface area contributed by atoms with Gasteiger partial charge in [0.2, 0.25) is 0 Å². The van der Waals surface area contributed by atoms with Gasteiger partial charge < -0.3 is 9.16 Å². The topological polar surface area (TPSA) is 18.5 Å². The molecule has 1 aliphatic heterocycles. The molecule has 1 aliphatic rings. The number of allylic oxidation sites excluding steroid dienone is 1. The van der Waals surface area contributed by atoms with E-state index in [2.05, 4.69) is 87.5 Å². The zero-order valence-corrected chi connectivity index (χ0v) is 17.2. The fourth-order valence-corrected chi connectivity index (χ4v) is 8.41. The Bertz CT molecular complexity index is 677. The highest BCUT2D eigenvalue weighted by Crippen LogP contribution is 2.37. The van der Waals surface area contributed by atoms with Crippen LogP contribution < -0.4 is 10.4 Å². The van der Waals surface area contributed by atoms with E-state index >= 15 is 0 Å². The van der Waals surface area contributed by atoms with E-state index in [0.717, 1.165) is 31.6 Å². The van der Waals surface area contributed by atoms with Gasteiger partial charge in [-0.1, -0.05) is 81.4 Å². The molecule has 0 spiro atoms. The Labute approximate surface area is 159 Å². The SMILES string of the molecule is CC(C)(C)[Si](OCCC1=CCCCO1)(c1ccccc1)c1ccccc1. The maximum absolute atomic E-state index is 6.89. The van der Waals surface area contributed by atoms with Crippen molar-refractivity contribution in [2.24, 2.45) is 0 Å². The quantitative estimate of drug-likeness (QED) is 0.693. The fraction of sp³-hybridized carbons (Fsp3) is 0.391. The number of hydrogen-bond acceptors (Lipinski definition) is 2. The van der Waals surface area contributed by atoms with E-state index in [4.69, 9.17) is 9.16 Å². The first-order valence-corrected chi connectivity index (χ1v) is 11.5. The summed E-state index contributed by atoms with van der Waals surface area (Å²) in [7, 11) is -2.42. The molecule has 1 heterocycles. The van der Waals surface area contributed by atoms with E-state index in [-0.39, 0.29) is 5.04 Å². The molecular weight excluding hydrogens is 336 g/mol. The molecule has 26 heavy (non-hydrogen) atoms. The van der Waals surface area contributed by atoms with Crippen molar-refractivity contribution in [2.75, 3.05) is 13.2 Å². The first kappa shape index (κ1) is 18.9. The highest BCUT2D eigenvalue weighted by Gasteiger charge is 2.49. The largest absolute Gasteiger partial charge is 0.498 e. The molecule has 0 aromatic heterocycles. The third-order valence-corrected chi connectivity index (χ3v) is 10.1. The van der Waals surface area contributed by atoms with Crippen molar-refractivity contribution in [3.8, 4) is 0 Å². The van der Waals surface area contributed by atoms with Crippen molar-refractivity contribution >= 4 is 18.7 Å². The summed E-state index contributed by atoms with van der Waals surface area (Å²) >= 11 is 0. The van der Waals surface area contributed by atoms with Gasteiger partial charge in [0, 0.05) is 13.0 Å². The van der Waals surface area contributed by atoms with E-state index in [1.54, 1.807) is 0 Å². The summed E-state index contributed by atoms with van der Waals surface area (Å²) in [5, 5.41) is 2.69. The highest BCUT2D eigenvalue weighted by molar-refractivity contribution is 6.99. The van der Waals surface area contributed by atoms with Crippen LogP contribution in [0.5, 0.6) is 0 Å². The van der Waals surface area contributed by atoms with Crippen molar-refractivity contribution in [3.63, 3.8) is 0 Å². The number of ether oxygens (including phenoxy) is 1. The molecule has 0 radical (unpaired) electrons. The predicted molar refractivity (Wildman–Crippen MR) is 111 cm³/mol. The third-order valence-electron chi connectivity index (χ3n) is 5.09. The lowest BCUT2D eigenvalue weighted by atomic mass is 10.2. The number of hydrogen-bond donors (Lipinski definition) is 0. The summed E-state index contributed by atoms with van der Waals surface area (Å²) in [4.78, 5) is 0. The van der Waals surface area contributed by atoms with E-state index in [0.29, 0.717) is 6.61 Å². The van der Waals surface area contributed by atoms with E-state index in [1.165, 1.54) is 10.4 Å². The minimum absolute atomic E-state index is 0.0253. The van der Waals surface area contributed by atoms with Crippen LogP contribution in [0, 0.1) is 0 Å². The van der Waals surface area contributed by atoms with Crippen LogP contribution in [0.15, 0.2) is 72.5 Å². The van der Waals surface area contributed by atoms with Crippen LogP contribution in [0.1, 0.15) is 40.0 Å². The maximum Gasteiger partial charge on any atom is 0.261 e. The smallest absolute Gasteiger partial charge is 0.261 e. The summed E-state index contributed by atoms with van der Waals surface area (Å²) in [5.41, 5.74) is 0. The second kappa shape index (κ2) is 8.23. The average molecular weight is 367 g/mol. The van der Waals surface area contributed by atoms with Gasteiger partial charge in [0.15, 0.2) is 0 Å². The van der Waals surface area contributed by atoms with Crippen molar-refractivity contribution < 1.29 is 9.16 Å². The second-order valence-electron chi connectivity index (χ2n) is 7.92. The Morgan fingerprint density at radius 3 is 1.96 bits per heavy atom. The van der Waals surface area contributed by atoms with Gasteiger partial charge in [-0.05, 0) is 34.3 Å². The molecular formula is C23H30O2Si. The lowest BCUT2D eigenvalue weighted by Gasteiger charge is -2.43. The second-order valence-corrected chi connectivity index (χ2v) is 12.2. The zero-order chi connectivity index (χ0) is 18.5. The Balaban J connectivity index is 1.96. The van der Waals surface area contributed by atoms with Crippen molar-refractivity contribution in [1.29, 1.82) is 0 Å². The summed E-state index contributed by atoms with van der Waals surface area (Å²) in [6.07, 6.45) is 5.32. The van der Waals surface area contributed by atoms with E-state index in [1.807, 2.05) is 0 Å². The third kappa shape index (κ3) is 3.94. The van der Waals surface area contributed by atoms with Gasteiger partial charge in [0.25, 0.3) is 8.32 Å². The van der Waals surface area contributed by atoms with Crippen LogP contribution in [-0.4, -0.2) is 21.5 Å². The van der Waals surface area contributed by atoms with Gasteiger partial charge in [-0.25, -0.2) is 0 Å². The maximum atomic E-state index is 6.89. The summed E-state index contributed by atoms with van der Waals surface area (Å²) in [5.74, 6) is 1.09. The van der Waals surface area contributed by atoms with Gasteiger partial charge in [-0.15, -0.1) is 0 Å². The molecule has 0 unspecified atom stereocenters. The molecule has 2 aromatic carbocycles. The lowest BCUT2D eigenvalue weighted by molar-refractivity contribution is 0.169. The minimum atomic E-state index is -2.42.